The summed E-state index contributed by atoms with van der Waals surface area (Å²) in [6.07, 6.45) is 2.13. The summed E-state index contributed by atoms with van der Waals surface area (Å²) < 4.78 is 0. The monoisotopic (exact) mass is 269 g/mol. The number of hydrogen-bond donors (Lipinski definition) is 3. The van der Waals surface area contributed by atoms with E-state index in [1.54, 1.807) is 24.3 Å². The van der Waals surface area contributed by atoms with Crippen molar-refractivity contribution in [2.45, 2.75) is 18.9 Å². The number of nitrogens with one attached hydrogen (secondary N) is 2. The maximum atomic E-state index is 11.7. The topological polar surface area (TPSA) is 84.2 Å². The molecule has 98 valence electrons. The molecule has 6 heteroatoms. The molecule has 5 nitrogen and oxygen atoms in total. The van der Waals surface area contributed by atoms with Crippen LogP contribution in [0.3, 0.4) is 0 Å². The van der Waals surface area contributed by atoms with E-state index >= 15 is 0 Å². The van der Waals surface area contributed by atoms with Gasteiger partial charge in [-0.25, -0.2) is 0 Å². The molecule has 1 aromatic rings. The summed E-state index contributed by atoms with van der Waals surface area (Å²) in [6.45, 7) is -0.0517. The third-order valence-corrected chi connectivity index (χ3v) is 2.53. The quantitative estimate of drug-likeness (QED) is 0.759. The third-order valence-electron chi connectivity index (χ3n) is 2.53. The fraction of sp³-hybridized carbons (Fsp3) is 0.333. The SMILES string of the molecule is Cl.NCC(=O)Nc1ccc(C(=O)NC2CC2)cc1. The van der Waals surface area contributed by atoms with Crippen LogP contribution in [0.1, 0.15) is 23.2 Å². The minimum atomic E-state index is -0.250. The van der Waals surface area contributed by atoms with Crippen LogP contribution >= 0.6 is 12.4 Å². The van der Waals surface area contributed by atoms with Crippen molar-refractivity contribution in [2.24, 2.45) is 5.73 Å². The molecule has 18 heavy (non-hydrogen) atoms. The van der Waals surface area contributed by atoms with Gasteiger partial charge in [-0.3, -0.25) is 9.59 Å². The van der Waals surface area contributed by atoms with Crippen LogP contribution in [0.5, 0.6) is 0 Å². The summed E-state index contributed by atoms with van der Waals surface area (Å²) in [7, 11) is 0. The minimum Gasteiger partial charge on any atom is -0.349 e. The Labute approximate surface area is 112 Å². The molecule has 1 aromatic carbocycles. The molecule has 1 fully saturated rings. The van der Waals surface area contributed by atoms with E-state index in [-0.39, 0.29) is 30.8 Å². The average molecular weight is 270 g/mol. The van der Waals surface area contributed by atoms with Crippen molar-refractivity contribution < 1.29 is 9.59 Å². The van der Waals surface area contributed by atoms with E-state index in [1.165, 1.54) is 0 Å². The van der Waals surface area contributed by atoms with E-state index in [1.807, 2.05) is 0 Å². The summed E-state index contributed by atoms with van der Waals surface area (Å²) in [5, 5.41) is 5.51. The maximum Gasteiger partial charge on any atom is 0.251 e. The van der Waals surface area contributed by atoms with Crippen LogP contribution in [-0.2, 0) is 4.79 Å². The Balaban J connectivity index is 0.00000162. The Bertz CT molecular complexity index is 429. The average Bonchev–Trinajstić information content (AvgIpc) is 3.13. The number of carbonyl (C=O) groups is 2. The zero-order valence-electron chi connectivity index (χ0n) is 9.81. The Kier molecular flexibility index (Phi) is 5.12. The van der Waals surface area contributed by atoms with Gasteiger partial charge in [0.1, 0.15) is 0 Å². The standard InChI is InChI=1S/C12H15N3O2.ClH/c13-7-11(16)14-9-3-1-8(2-4-9)12(17)15-10-5-6-10;/h1-4,10H,5-7,13H2,(H,14,16)(H,15,17);1H. The van der Waals surface area contributed by atoms with Gasteiger partial charge in [-0.2, -0.15) is 0 Å². The number of benzene rings is 1. The van der Waals surface area contributed by atoms with Crippen molar-refractivity contribution in [1.82, 2.24) is 5.32 Å². The van der Waals surface area contributed by atoms with E-state index in [0.29, 0.717) is 17.3 Å². The van der Waals surface area contributed by atoms with E-state index in [9.17, 15) is 9.59 Å². The number of nitrogens with two attached hydrogens (primary N) is 1. The van der Waals surface area contributed by atoms with Gasteiger partial charge < -0.3 is 16.4 Å². The Morgan fingerprint density at radius 2 is 1.83 bits per heavy atom. The van der Waals surface area contributed by atoms with Gasteiger partial charge >= 0.3 is 0 Å². The number of carbonyl (C=O) groups excluding carboxylic acids is 2. The smallest absolute Gasteiger partial charge is 0.251 e. The summed E-state index contributed by atoms with van der Waals surface area (Å²) in [5.74, 6) is -0.315. The van der Waals surface area contributed by atoms with Gasteiger partial charge in [0.25, 0.3) is 5.91 Å². The van der Waals surface area contributed by atoms with Crippen LogP contribution in [0.25, 0.3) is 0 Å². The molecular weight excluding hydrogens is 254 g/mol. The fourth-order valence-corrected chi connectivity index (χ4v) is 1.41. The highest BCUT2D eigenvalue weighted by Gasteiger charge is 2.23. The first-order valence-corrected chi connectivity index (χ1v) is 5.60. The molecule has 2 amide bonds. The number of hydrogen-bond acceptors (Lipinski definition) is 3. The predicted octanol–water partition coefficient (Wildman–Crippen LogP) is 0.898. The van der Waals surface area contributed by atoms with E-state index in [0.717, 1.165) is 12.8 Å². The molecule has 0 aliphatic heterocycles. The molecule has 2 rings (SSSR count). The zero-order valence-corrected chi connectivity index (χ0v) is 10.6. The molecule has 0 radical (unpaired) electrons. The van der Waals surface area contributed by atoms with Crippen molar-refractivity contribution in [3.63, 3.8) is 0 Å². The van der Waals surface area contributed by atoms with Crippen molar-refractivity contribution in [3.05, 3.63) is 29.8 Å². The summed E-state index contributed by atoms with van der Waals surface area (Å²) in [5.41, 5.74) is 6.43. The summed E-state index contributed by atoms with van der Waals surface area (Å²) in [6, 6.07) is 7.09. The molecular formula is C12H16ClN3O2. The molecule has 0 saturated heterocycles. The lowest BCUT2D eigenvalue weighted by Crippen LogP contribution is -2.25. The number of anilines is 1. The predicted molar refractivity (Wildman–Crippen MR) is 71.9 cm³/mol. The molecule has 4 N–H and O–H groups in total. The second-order valence-electron chi connectivity index (χ2n) is 4.08. The third kappa shape index (κ3) is 4.01. The van der Waals surface area contributed by atoms with Gasteiger partial charge in [0, 0.05) is 17.3 Å². The van der Waals surface area contributed by atoms with Crippen LogP contribution in [0.2, 0.25) is 0 Å². The van der Waals surface area contributed by atoms with Crippen molar-refractivity contribution in [2.75, 3.05) is 11.9 Å². The zero-order chi connectivity index (χ0) is 12.3. The van der Waals surface area contributed by atoms with Crippen LogP contribution < -0.4 is 16.4 Å². The first-order valence-electron chi connectivity index (χ1n) is 5.60. The molecule has 0 spiro atoms. The van der Waals surface area contributed by atoms with Crippen LogP contribution in [0.4, 0.5) is 5.69 Å². The lowest BCUT2D eigenvalue weighted by atomic mass is 10.2. The van der Waals surface area contributed by atoms with Gasteiger partial charge in [0.15, 0.2) is 0 Å². The van der Waals surface area contributed by atoms with E-state index < -0.39 is 0 Å². The molecule has 1 saturated carbocycles. The molecule has 0 heterocycles. The molecule has 0 unspecified atom stereocenters. The Morgan fingerprint density at radius 1 is 1.22 bits per heavy atom. The molecule has 0 bridgehead atoms. The van der Waals surface area contributed by atoms with Gasteiger partial charge in [-0.1, -0.05) is 0 Å². The lowest BCUT2D eigenvalue weighted by molar-refractivity contribution is -0.114. The van der Waals surface area contributed by atoms with Gasteiger partial charge in [-0.05, 0) is 37.1 Å². The molecule has 0 atom stereocenters. The second kappa shape index (κ2) is 6.37. The molecule has 0 aromatic heterocycles. The number of halogens is 1. The highest BCUT2D eigenvalue weighted by molar-refractivity contribution is 5.96. The van der Waals surface area contributed by atoms with Gasteiger partial charge in [0.05, 0.1) is 6.54 Å². The lowest BCUT2D eigenvalue weighted by Gasteiger charge is -2.06. The fourth-order valence-electron chi connectivity index (χ4n) is 1.41. The minimum absolute atomic E-state index is 0. The van der Waals surface area contributed by atoms with Crippen LogP contribution in [-0.4, -0.2) is 24.4 Å². The number of amides is 2. The van der Waals surface area contributed by atoms with Crippen LogP contribution in [0, 0.1) is 0 Å². The van der Waals surface area contributed by atoms with Crippen molar-refractivity contribution in [1.29, 1.82) is 0 Å². The Morgan fingerprint density at radius 3 is 2.33 bits per heavy atom. The Hall–Kier alpha value is -1.59. The van der Waals surface area contributed by atoms with Crippen molar-refractivity contribution >= 4 is 29.9 Å². The maximum absolute atomic E-state index is 11.7. The molecule has 1 aliphatic carbocycles. The molecule has 1 aliphatic rings. The summed E-state index contributed by atoms with van der Waals surface area (Å²) in [4.78, 5) is 22.7. The normalized spacial score (nSPS) is 13.4. The highest BCUT2D eigenvalue weighted by atomic mass is 35.5. The van der Waals surface area contributed by atoms with Gasteiger partial charge in [-0.15, -0.1) is 12.4 Å². The van der Waals surface area contributed by atoms with Gasteiger partial charge in [0.2, 0.25) is 5.91 Å². The van der Waals surface area contributed by atoms with E-state index in [2.05, 4.69) is 10.6 Å². The highest BCUT2D eigenvalue weighted by Crippen LogP contribution is 2.19. The largest absolute Gasteiger partial charge is 0.349 e. The van der Waals surface area contributed by atoms with Crippen LogP contribution in [0.15, 0.2) is 24.3 Å². The van der Waals surface area contributed by atoms with Crippen molar-refractivity contribution in [3.8, 4) is 0 Å². The number of rotatable bonds is 4. The van der Waals surface area contributed by atoms with E-state index in [4.69, 9.17) is 5.73 Å². The first kappa shape index (κ1) is 14.5. The second-order valence-corrected chi connectivity index (χ2v) is 4.08. The summed E-state index contributed by atoms with van der Waals surface area (Å²) >= 11 is 0. The first-order chi connectivity index (χ1) is 8.19.